The molecular weight excluding hydrogens is 497 g/mol. The lowest BCUT2D eigenvalue weighted by molar-refractivity contribution is 0.637. The van der Waals surface area contributed by atoms with E-state index in [1.165, 1.54) is 17.1 Å². The smallest absolute Gasteiger partial charge is 0.137 e. The molecule has 6 heteroatoms. The second-order valence-electron chi connectivity index (χ2n) is 3.66. The van der Waals surface area contributed by atoms with Gasteiger partial charge in [0.15, 0.2) is 0 Å². The molecule has 0 radical (unpaired) electrons. The summed E-state index contributed by atoms with van der Waals surface area (Å²) in [6.07, 6.45) is 1.25. The summed E-state index contributed by atoms with van der Waals surface area (Å²) in [5, 5.41) is 0. The van der Waals surface area contributed by atoms with E-state index >= 15 is 0 Å². The molecule has 0 aliphatic rings. The van der Waals surface area contributed by atoms with Crippen molar-refractivity contribution in [2.75, 3.05) is 5.75 Å². The molecule has 1 aromatic carbocycles. The van der Waals surface area contributed by atoms with Gasteiger partial charge in [0.1, 0.15) is 19.8 Å². The van der Waals surface area contributed by atoms with E-state index in [9.17, 15) is 0 Å². The lowest BCUT2D eigenvalue weighted by atomic mass is 10.2. The van der Waals surface area contributed by atoms with Gasteiger partial charge in [0.05, 0.1) is 0 Å². The maximum Gasteiger partial charge on any atom is 0.137 e. The first-order chi connectivity index (χ1) is 8.11. The van der Waals surface area contributed by atoms with Gasteiger partial charge in [-0.1, -0.05) is 20.3 Å². The number of hydrogen-bond donors (Lipinski definition) is 0. The molecule has 0 amide bonds. The van der Waals surface area contributed by atoms with Crippen molar-refractivity contribution in [2.24, 2.45) is 5.92 Å². The van der Waals surface area contributed by atoms with Gasteiger partial charge in [-0.15, -0.1) is 11.8 Å². The fraction of sp³-hybridized carbons (Fsp3) is 0.455. The minimum absolute atomic E-state index is 0.120. The normalized spacial score (nSPS) is 12.8. The Morgan fingerprint density at radius 3 is 2.47 bits per heavy atom. The summed E-state index contributed by atoms with van der Waals surface area (Å²) in [5.41, 5.74) is 0. The van der Waals surface area contributed by atoms with Crippen LogP contribution in [-0.4, -0.2) is 5.75 Å². The van der Waals surface area contributed by atoms with Crippen LogP contribution in [0, 0.1) is 5.92 Å². The molecular formula is C11H15I2OPS2. The molecule has 0 heterocycles. The van der Waals surface area contributed by atoms with Gasteiger partial charge in [-0.3, -0.25) is 0 Å². The van der Waals surface area contributed by atoms with Crippen LogP contribution in [0.15, 0.2) is 29.2 Å². The highest BCUT2D eigenvalue weighted by atomic mass is 127. The van der Waals surface area contributed by atoms with E-state index in [1.54, 1.807) is 11.7 Å². The molecule has 0 spiro atoms. The van der Waals surface area contributed by atoms with Gasteiger partial charge in [0.25, 0.3) is 0 Å². The average molecular weight is 512 g/mol. The van der Waals surface area contributed by atoms with Crippen LogP contribution < -0.4 is 4.18 Å². The number of benzene rings is 1. The molecule has 0 fully saturated rings. The third-order valence-electron chi connectivity index (χ3n) is 2.25. The molecule has 0 aliphatic heterocycles. The highest BCUT2D eigenvalue weighted by molar-refractivity contribution is 14.3. The summed E-state index contributed by atoms with van der Waals surface area (Å²) < 4.78 is 5.47. The van der Waals surface area contributed by atoms with E-state index in [0.29, 0.717) is 0 Å². The molecule has 0 N–H and O–H groups in total. The highest BCUT2D eigenvalue weighted by Gasteiger charge is 2.03. The van der Waals surface area contributed by atoms with Crippen molar-refractivity contribution < 1.29 is 4.18 Å². The predicted octanol–water partition coefficient (Wildman–Crippen LogP) is 6.95. The van der Waals surface area contributed by atoms with E-state index in [1.807, 2.05) is 11.8 Å². The molecule has 1 rings (SSSR count). The molecule has 0 aromatic heterocycles. The molecule has 1 atom stereocenters. The first-order valence-corrected chi connectivity index (χ1v) is 14.6. The molecule has 17 heavy (non-hydrogen) atoms. The first kappa shape index (κ1) is 16.7. The van der Waals surface area contributed by atoms with E-state index in [4.69, 9.17) is 4.18 Å². The lowest BCUT2D eigenvalue weighted by Crippen LogP contribution is -1.94. The van der Waals surface area contributed by atoms with E-state index in [-0.39, 0.29) is 2.41 Å². The Morgan fingerprint density at radius 2 is 1.94 bits per heavy atom. The summed E-state index contributed by atoms with van der Waals surface area (Å²) in [4.78, 5) is 1.33. The van der Waals surface area contributed by atoms with Gasteiger partial charge < -0.3 is 4.18 Å². The maximum absolute atomic E-state index is 5.59. The summed E-state index contributed by atoms with van der Waals surface area (Å²) in [6, 6.07) is 8.40. The van der Waals surface area contributed by atoms with Crippen LogP contribution in [0.4, 0.5) is 0 Å². The largest absolute Gasteiger partial charge is 0.420 e. The number of hydrogen-bond acceptors (Lipinski definition) is 3. The fourth-order valence-corrected chi connectivity index (χ4v) is 4.19. The maximum atomic E-state index is 5.59. The van der Waals surface area contributed by atoms with E-state index < -0.39 is 0 Å². The van der Waals surface area contributed by atoms with Crippen molar-refractivity contribution >= 4 is 69.9 Å². The van der Waals surface area contributed by atoms with Gasteiger partial charge in [-0.2, -0.15) is 0 Å². The molecule has 0 saturated heterocycles. The van der Waals surface area contributed by atoms with Crippen molar-refractivity contribution in [3.8, 4) is 5.75 Å². The Morgan fingerprint density at radius 1 is 1.29 bits per heavy atom. The molecule has 1 nitrogen and oxygen atoms in total. The fourth-order valence-electron chi connectivity index (χ4n) is 1.02. The molecule has 0 saturated carbocycles. The number of thioether (sulfide) groups is 1. The van der Waals surface area contributed by atoms with Crippen LogP contribution in [0.3, 0.4) is 0 Å². The van der Waals surface area contributed by atoms with Crippen LogP contribution in [0.5, 0.6) is 5.75 Å². The molecule has 0 aliphatic carbocycles. The van der Waals surface area contributed by atoms with Crippen molar-refractivity contribution in [3.63, 3.8) is 0 Å². The SMILES string of the molecule is CCC(C)CSc1ccc(OSP(I)I)cc1. The van der Waals surface area contributed by atoms with Gasteiger partial charge in [-0.05, 0) is 74.3 Å². The van der Waals surface area contributed by atoms with Crippen molar-refractivity contribution in [1.29, 1.82) is 0 Å². The monoisotopic (exact) mass is 512 g/mol. The Balaban J connectivity index is 2.39. The second kappa shape index (κ2) is 9.50. The third kappa shape index (κ3) is 7.70. The van der Waals surface area contributed by atoms with Crippen LogP contribution in [0.2, 0.25) is 0 Å². The summed E-state index contributed by atoms with van der Waals surface area (Å²) in [5.74, 6) is 2.93. The van der Waals surface area contributed by atoms with Crippen molar-refractivity contribution in [1.82, 2.24) is 0 Å². The minimum atomic E-state index is -0.120. The molecule has 96 valence electrons. The minimum Gasteiger partial charge on any atom is -0.420 e. The van der Waals surface area contributed by atoms with Crippen LogP contribution in [0.25, 0.3) is 0 Å². The molecule has 1 unspecified atom stereocenters. The van der Waals surface area contributed by atoms with Crippen LogP contribution >= 0.6 is 69.9 Å². The Hall–Kier alpha value is 1.61. The zero-order valence-corrected chi connectivity index (χ0v) is 16.6. The summed E-state index contributed by atoms with van der Waals surface area (Å²) in [7, 11) is 0. The predicted molar refractivity (Wildman–Crippen MR) is 99.8 cm³/mol. The van der Waals surface area contributed by atoms with Crippen LogP contribution in [0.1, 0.15) is 20.3 Å². The summed E-state index contributed by atoms with van der Waals surface area (Å²) in [6.45, 7) is 4.54. The van der Waals surface area contributed by atoms with Gasteiger partial charge >= 0.3 is 0 Å². The van der Waals surface area contributed by atoms with Crippen LogP contribution in [-0.2, 0) is 0 Å². The topological polar surface area (TPSA) is 9.23 Å². The quantitative estimate of drug-likeness (QED) is 0.170. The van der Waals surface area contributed by atoms with Crippen molar-refractivity contribution in [2.45, 2.75) is 25.2 Å². The average Bonchev–Trinajstić information content (AvgIpc) is 2.34. The molecule has 1 aromatic rings. The Kier molecular flexibility index (Phi) is 9.32. The van der Waals surface area contributed by atoms with Gasteiger partial charge in [0, 0.05) is 10.6 Å². The third-order valence-corrected chi connectivity index (χ3v) is 7.42. The zero-order chi connectivity index (χ0) is 12.7. The zero-order valence-electron chi connectivity index (χ0n) is 9.73. The first-order valence-electron chi connectivity index (χ1n) is 5.31. The number of halogens is 2. The van der Waals surface area contributed by atoms with E-state index in [0.717, 1.165) is 11.7 Å². The highest BCUT2D eigenvalue weighted by Crippen LogP contribution is 2.64. The molecule has 0 bridgehead atoms. The summed E-state index contributed by atoms with van der Waals surface area (Å²) >= 11 is 8.24. The lowest BCUT2D eigenvalue weighted by Gasteiger charge is -2.08. The van der Waals surface area contributed by atoms with E-state index in [2.05, 4.69) is 82.2 Å². The standard InChI is InChI=1S/C11H15I2OPS2/c1-3-9(2)8-16-11-6-4-10(5-7-11)14-17-15(12)13/h4-7,9H,3,8H2,1-2H3. The van der Waals surface area contributed by atoms with Gasteiger partial charge in [0.2, 0.25) is 0 Å². The second-order valence-corrected chi connectivity index (χ2v) is 22.3. The Bertz CT molecular complexity index is 322. The van der Waals surface area contributed by atoms with Crippen molar-refractivity contribution in [3.05, 3.63) is 24.3 Å². The Labute approximate surface area is 139 Å². The van der Waals surface area contributed by atoms with Gasteiger partial charge in [-0.25, -0.2) is 0 Å². The number of rotatable bonds is 7.